The van der Waals surface area contributed by atoms with Gasteiger partial charge in [0.1, 0.15) is 0 Å². The summed E-state index contributed by atoms with van der Waals surface area (Å²) < 4.78 is 15.9. The van der Waals surface area contributed by atoms with Crippen LogP contribution in [-0.2, 0) is 9.53 Å². The van der Waals surface area contributed by atoms with E-state index < -0.39 is 5.97 Å². The minimum atomic E-state index is -0.464. The van der Waals surface area contributed by atoms with Gasteiger partial charge >= 0.3 is 5.97 Å². The van der Waals surface area contributed by atoms with Gasteiger partial charge in [-0.2, -0.15) is 0 Å². The largest absolute Gasteiger partial charge is 0.454 e. The molecule has 0 aromatic heterocycles. The molecule has 0 spiro atoms. The summed E-state index contributed by atoms with van der Waals surface area (Å²) in [4.78, 5) is 16.4. The molecule has 0 atom stereocenters. The third-order valence-corrected chi connectivity index (χ3v) is 3.80. The van der Waals surface area contributed by atoms with Gasteiger partial charge in [-0.15, -0.1) is 0 Å². The number of rotatable bonds is 3. The molecule has 2 aromatic carbocycles. The summed E-state index contributed by atoms with van der Waals surface area (Å²) in [5.74, 6) is 1.09. The predicted molar refractivity (Wildman–Crippen MR) is 93.4 cm³/mol. The molecule has 0 aliphatic carbocycles. The van der Waals surface area contributed by atoms with E-state index in [0.29, 0.717) is 17.1 Å². The minimum Gasteiger partial charge on any atom is -0.454 e. The normalized spacial score (nSPS) is 17.6. The number of cyclic esters (lactones) is 1. The smallest absolute Gasteiger partial charge is 0.363 e. The third kappa shape index (κ3) is 3.17. The average Bonchev–Trinajstić information content (AvgIpc) is 3.22. The van der Waals surface area contributed by atoms with Crippen molar-refractivity contribution in [2.45, 2.75) is 6.92 Å². The lowest BCUT2D eigenvalue weighted by molar-refractivity contribution is -0.130. The van der Waals surface area contributed by atoms with Gasteiger partial charge in [-0.1, -0.05) is 36.4 Å². The summed E-state index contributed by atoms with van der Waals surface area (Å²) in [7, 11) is 0. The van der Waals surface area contributed by atoms with Crippen LogP contribution < -0.4 is 9.47 Å². The predicted octanol–water partition coefficient (Wildman–Crippen LogP) is 3.71. The number of carbonyl (C=O) groups excluding carboxylic acids is 1. The van der Waals surface area contributed by atoms with Crippen LogP contribution in [0.1, 0.15) is 18.1 Å². The number of nitrogens with zero attached hydrogens (tertiary/aromatic N) is 1. The number of aliphatic imine (C=N–C) groups is 1. The summed E-state index contributed by atoms with van der Waals surface area (Å²) in [6.07, 6.45) is 3.70. The fraction of sp³-hybridized carbons (Fsp3) is 0.100. The first-order valence-electron chi connectivity index (χ1n) is 7.85. The Kier molecular flexibility index (Phi) is 3.82. The van der Waals surface area contributed by atoms with Crippen LogP contribution in [0.3, 0.4) is 0 Å². The summed E-state index contributed by atoms with van der Waals surface area (Å²) in [6.45, 7) is 2.11. The van der Waals surface area contributed by atoms with E-state index in [4.69, 9.17) is 14.2 Å². The molecule has 2 aliphatic rings. The van der Waals surface area contributed by atoms with Gasteiger partial charge in [0, 0.05) is 5.56 Å². The summed E-state index contributed by atoms with van der Waals surface area (Å²) in [6, 6.07) is 15.2. The molecule has 0 radical (unpaired) electrons. The van der Waals surface area contributed by atoms with Crippen molar-refractivity contribution in [2.75, 3.05) is 6.79 Å². The summed E-state index contributed by atoms with van der Waals surface area (Å²) >= 11 is 0. The van der Waals surface area contributed by atoms with Crippen molar-refractivity contribution < 1.29 is 19.0 Å². The van der Waals surface area contributed by atoms with Crippen LogP contribution in [0.2, 0.25) is 0 Å². The van der Waals surface area contributed by atoms with Gasteiger partial charge in [-0.25, -0.2) is 9.79 Å². The lowest BCUT2D eigenvalue weighted by Crippen LogP contribution is -2.05. The van der Waals surface area contributed by atoms with Gasteiger partial charge in [0.05, 0.1) is 0 Å². The molecule has 2 aromatic rings. The molecule has 2 heterocycles. The van der Waals surface area contributed by atoms with E-state index in [9.17, 15) is 4.79 Å². The van der Waals surface area contributed by atoms with Crippen molar-refractivity contribution in [2.24, 2.45) is 4.99 Å². The number of allylic oxidation sites excluding steroid dienone is 2. The van der Waals surface area contributed by atoms with E-state index in [2.05, 4.69) is 4.99 Å². The number of hydrogen-bond acceptors (Lipinski definition) is 5. The first-order valence-corrected chi connectivity index (χ1v) is 7.85. The quantitative estimate of drug-likeness (QED) is 0.635. The van der Waals surface area contributed by atoms with E-state index in [-0.39, 0.29) is 18.4 Å². The first-order chi connectivity index (χ1) is 12.2. The van der Waals surface area contributed by atoms with Gasteiger partial charge in [0.15, 0.2) is 17.2 Å². The number of fused-ring (bicyclic) bond motifs is 1. The zero-order valence-electron chi connectivity index (χ0n) is 13.6. The highest BCUT2D eigenvalue weighted by atomic mass is 16.7. The second kappa shape index (κ2) is 6.28. The molecule has 25 heavy (non-hydrogen) atoms. The van der Waals surface area contributed by atoms with Gasteiger partial charge in [-0.3, -0.25) is 0 Å². The van der Waals surface area contributed by atoms with Gasteiger partial charge < -0.3 is 14.2 Å². The van der Waals surface area contributed by atoms with Crippen LogP contribution in [-0.4, -0.2) is 18.7 Å². The Morgan fingerprint density at radius 2 is 1.88 bits per heavy atom. The molecule has 2 aliphatic heterocycles. The molecule has 0 saturated carbocycles. The Labute approximate surface area is 144 Å². The van der Waals surface area contributed by atoms with E-state index in [1.54, 1.807) is 24.3 Å². The van der Waals surface area contributed by atoms with Crippen LogP contribution in [0.5, 0.6) is 11.5 Å². The van der Waals surface area contributed by atoms with Crippen molar-refractivity contribution in [1.82, 2.24) is 0 Å². The Morgan fingerprint density at radius 3 is 2.72 bits per heavy atom. The van der Waals surface area contributed by atoms with E-state index >= 15 is 0 Å². The van der Waals surface area contributed by atoms with Crippen LogP contribution >= 0.6 is 0 Å². The van der Waals surface area contributed by atoms with Crippen LogP contribution in [0.25, 0.3) is 6.08 Å². The maximum absolute atomic E-state index is 12.1. The molecular weight excluding hydrogens is 318 g/mol. The maximum atomic E-state index is 12.1. The number of carbonyl (C=O) groups is 1. The molecule has 0 bridgehead atoms. The molecule has 5 heteroatoms. The second-order valence-corrected chi connectivity index (χ2v) is 5.70. The van der Waals surface area contributed by atoms with Gasteiger partial charge in [0.25, 0.3) is 0 Å². The summed E-state index contributed by atoms with van der Waals surface area (Å²) in [5, 5.41) is 0. The molecule has 4 rings (SSSR count). The zero-order chi connectivity index (χ0) is 17.2. The standard InChI is InChI=1S/C20H15NO4/c1-13(9-14-5-3-2-4-6-14)10-16-20(22)25-19(21-16)15-7-8-17-18(11-15)24-12-23-17/h2-11H,12H2,1H3/b13-9-,16-10+. The monoisotopic (exact) mass is 333 g/mol. The van der Waals surface area contributed by atoms with E-state index in [1.807, 2.05) is 43.3 Å². The molecule has 0 N–H and O–H groups in total. The van der Waals surface area contributed by atoms with Crippen LogP contribution in [0, 0.1) is 0 Å². The SMILES string of the molecule is CC(=C/c1ccccc1)/C=C1/N=C(c2ccc3c(c2)OCO3)OC1=O. The van der Waals surface area contributed by atoms with Crippen LogP contribution in [0.4, 0.5) is 0 Å². The third-order valence-electron chi connectivity index (χ3n) is 3.80. The second-order valence-electron chi connectivity index (χ2n) is 5.70. The van der Waals surface area contributed by atoms with Crippen molar-refractivity contribution in [3.63, 3.8) is 0 Å². The Bertz CT molecular complexity index is 926. The Hall–Kier alpha value is -3.34. The molecule has 0 amide bonds. The van der Waals surface area contributed by atoms with Crippen molar-refractivity contribution >= 4 is 17.9 Å². The minimum absolute atomic E-state index is 0.194. The first kappa shape index (κ1) is 15.2. The highest BCUT2D eigenvalue weighted by molar-refractivity contribution is 6.11. The fourth-order valence-corrected chi connectivity index (χ4v) is 2.63. The molecule has 124 valence electrons. The number of ether oxygens (including phenoxy) is 3. The highest BCUT2D eigenvalue weighted by Gasteiger charge is 2.25. The van der Waals surface area contributed by atoms with Crippen molar-refractivity contribution in [3.8, 4) is 11.5 Å². The van der Waals surface area contributed by atoms with E-state index in [0.717, 1.165) is 11.1 Å². The van der Waals surface area contributed by atoms with Gasteiger partial charge in [-0.05, 0) is 42.3 Å². The molecular formula is C20H15NO4. The maximum Gasteiger partial charge on any atom is 0.363 e. The number of esters is 1. The number of benzene rings is 2. The molecule has 0 unspecified atom stereocenters. The van der Waals surface area contributed by atoms with E-state index in [1.165, 1.54) is 0 Å². The fourth-order valence-electron chi connectivity index (χ4n) is 2.63. The molecule has 0 fully saturated rings. The highest BCUT2D eigenvalue weighted by Crippen LogP contribution is 2.33. The Balaban J connectivity index is 1.61. The Morgan fingerprint density at radius 1 is 1.08 bits per heavy atom. The molecule has 5 nitrogen and oxygen atoms in total. The van der Waals surface area contributed by atoms with Crippen molar-refractivity contribution in [3.05, 3.63) is 77.0 Å². The van der Waals surface area contributed by atoms with Gasteiger partial charge in [0.2, 0.25) is 12.7 Å². The van der Waals surface area contributed by atoms with Crippen molar-refractivity contribution in [1.29, 1.82) is 0 Å². The topological polar surface area (TPSA) is 57.1 Å². The number of hydrogen-bond donors (Lipinski definition) is 0. The lowest BCUT2D eigenvalue weighted by atomic mass is 10.1. The zero-order valence-corrected chi connectivity index (χ0v) is 13.6. The molecule has 0 saturated heterocycles. The van der Waals surface area contributed by atoms with Crippen LogP contribution in [0.15, 0.2) is 70.9 Å². The lowest BCUT2D eigenvalue weighted by Gasteiger charge is -2.01. The average molecular weight is 333 g/mol. The summed E-state index contributed by atoms with van der Waals surface area (Å²) in [5.41, 5.74) is 2.92.